The first-order chi connectivity index (χ1) is 13.8. The summed E-state index contributed by atoms with van der Waals surface area (Å²) in [5.41, 5.74) is 0.999. The van der Waals surface area contributed by atoms with Crippen LogP contribution in [0.25, 0.3) is 0 Å². The molecule has 1 aliphatic heterocycles. The number of nitrogens with one attached hydrogen (secondary N) is 1. The van der Waals surface area contributed by atoms with E-state index in [0.29, 0.717) is 29.2 Å². The number of hydrogen-bond acceptors (Lipinski definition) is 6. The van der Waals surface area contributed by atoms with Gasteiger partial charge in [0.25, 0.3) is 10.2 Å². The first-order valence-electron chi connectivity index (χ1n) is 8.77. The smallest absolute Gasteiger partial charge is 0.350 e. The van der Waals surface area contributed by atoms with Gasteiger partial charge in [0.2, 0.25) is 5.91 Å². The lowest BCUT2D eigenvalue weighted by Crippen LogP contribution is -2.51. The number of rotatable bonds is 6. The van der Waals surface area contributed by atoms with Gasteiger partial charge in [0, 0.05) is 24.7 Å². The number of benzene rings is 1. The number of ether oxygens (including phenoxy) is 1. The summed E-state index contributed by atoms with van der Waals surface area (Å²) in [4.78, 5) is 24.4. The summed E-state index contributed by atoms with van der Waals surface area (Å²) in [6, 6.07) is 8.62. The molecule has 0 atom stereocenters. The van der Waals surface area contributed by atoms with Crippen molar-refractivity contribution < 1.29 is 22.7 Å². The molecule has 0 aliphatic carbocycles. The van der Waals surface area contributed by atoms with Gasteiger partial charge in [0.1, 0.15) is 4.88 Å². The molecular weight excluding hydrogens is 438 g/mol. The molecule has 156 valence electrons. The van der Waals surface area contributed by atoms with Crippen molar-refractivity contribution in [1.82, 2.24) is 8.61 Å². The molecular formula is C18H20ClN3O5S2. The standard InChI is InChI=1S/C18H20ClN3O5S2/c1-27-18(24)17-15(7-10-28-17)20-16(23)12-22-9-4-8-21(29(22,25)26)11-13-5-2-3-6-14(13)19/h2-3,5-7,10H,4,8-9,11-12H2,1H3,(H,20,23). The van der Waals surface area contributed by atoms with Gasteiger partial charge in [-0.3, -0.25) is 4.79 Å². The normalized spacial score (nSPS) is 17.0. The zero-order valence-electron chi connectivity index (χ0n) is 15.6. The molecule has 1 amide bonds. The number of carbonyl (C=O) groups excluding carboxylic acids is 2. The van der Waals surface area contributed by atoms with Crippen LogP contribution in [0.3, 0.4) is 0 Å². The SMILES string of the molecule is COC(=O)c1sccc1NC(=O)CN1CCCN(Cc2ccccc2Cl)S1(=O)=O. The van der Waals surface area contributed by atoms with Crippen LogP contribution in [0.15, 0.2) is 35.7 Å². The first-order valence-corrected chi connectivity index (χ1v) is 11.4. The largest absolute Gasteiger partial charge is 0.465 e. The quantitative estimate of drug-likeness (QED) is 0.672. The Morgan fingerprint density at radius 3 is 2.66 bits per heavy atom. The average Bonchev–Trinajstić information content (AvgIpc) is 3.14. The summed E-state index contributed by atoms with van der Waals surface area (Å²) in [5, 5.41) is 4.72. The van der Waals surface area contributed by atoms with Crippen LogP contribution >= 0.6 is 22.9 Å². The third-order valence-corrected chi connectivity index (χ3v) is 7.59. The zero-order valence-corrected chi connectivity index (χ0v) is 18.0. The molecule has 1 aromatic carbocycles. The van der Waals surface area contributed by atoms with E-state index in [-0.39, 0.29) is 24.5 Å². The van der Waals surface area contributed by atoms with Gasteiger partial charge < -0.3 is 10.1 Å². The number of esters is 1. The highest BCUT2D eigenvalue weighted by Gasteiger charge is 2.35. The number of carbonyl (C=O) groups is 2. The second kappa shape index (κ2) is 9.23. The third-order valence-electron chi connectivity index (χ3n) is 4.40. The van der Waals surface area contributed by atoms with Gasteiger partial charge >= 0.3 is 5.97 Å². The van der Waals surface area contributed by atoms with Gasteiger partial charge in [-0.2, -0.15) is 17.0 Å². The molecule has 2 aromatic rings. The summed E-state index contributed by atoms with van der Waals surface area (Å²) in [6.45, 7) is 0.375. The van der Waals surface area contributed by atoms with Crippen LogP contribution in [0, 0.1) is 0 Å². The number of amides is 1. The lowest BCUT2D eigenvalue weighted by atomic mass is 10.2. The van der Waals surface area contributed by atoms with E-state index in [1.807, 2.05) is 0 Å². The molecule has 0 saturated carbocycles. The number of nitrogens with zero attached hydrogens (tertiary/aromatic N) is 2. The third kappa shape index (κ3) is 4.96. The Balaban J connectivity index is 1.69. The van der Waals surface area contributed by atoms with E-state index in [4.69, 9.17) is 11.6 Å². The van der Waals surface area contributed by atoms with Gasteiger partial charge in [-0.05, 0) is 29.5 Å². The van der Waals surface area contributed by atoms with Gasteiger partial charge in [0.15, 0.2) is 0 Å². The lowest BCUT2D eigenvalue weighted by molar-refractivity contribution is -0.116. The summed E-state index contributed by atoms with van der Waals surface area (Å²) in [7, 11) is -2.57. The van der Waals surface area contributed by atoms with Crippen molar-refractivity contribution in [3.05, 3.63) is 51.2 Å². The van der Waals surface area contributed by atoms with Crippen LogP contribution in [-0.4, -0.2) is 55.6 Å². The molecule has 1 aliphatic rings. The van der Waals surface area contributed by atoms with E-state index < -0.39 is 22.1 Å². The van der Waals surface area contributed by atoms with Crippen LogP contribution < -0.4 is 5.32 Å². The Bertz CT molecular complexity index is 1010. The fourth-order valence-electron chi connectivity index (χ4n) is 2.96. The van der Waals surface area contributed by atoms with Crippen LogP contribution in [0.1, 0.15) is 21.7 Å². The molecule has 0 bridgehead atoms. The van der Waals surface area contributed by atoms with Gasteiger partial charge in [0.05, 0.1) is 19.3 Å². The van der Waals surface area contributed by atoms with Crippen molar-refractivity contribution in [2.24, 2.45) is 0 Å². The van der Waals surface area contributed by atoms with Crippen LogP contribution in [0.4, 0.5) is 5.69 Å². The zero-order chi connectivity index (χ0) is 21.0. The molecule has 3 rings (SSSR count). The average molecular weight is 458 g/mol. The van der Waals surface area contributed by atoms with Crippen LogP contribution in [-0.2, 0) is 26.3 Å². The van der Waals surface area contributed by atoms with Gasteiger partial charge in [-0.15, -0.1) is 11.3 Å². The predicted molar refractivity (Wildman–Crippen MR) is 111 cm³/mol. The second-order valence-electron chi connectivity index (χ2n) is 6.32. The van der Waals surface area contributed by atoms with Crippen molar-refractivity contribution >= 4 is 50.7 Å². The van der Waals surface area contributed by atoms with E-state index in [2.05, 4.69) is 10.1 Å². The molecule has 8 nitrogen and oxygen atoms in total. The van der Waals surface area contributed by atoms with Crippen molar-refractivity contribution in [2.45, 2.75) is 13.0 Å². The maximum atomic E-state index is 12.9. The van der Waals surface area contributed by atoms with Crippen molar-refractivity contribution in [2.75, 3.05) is 32.1 Å². The molecule has 0 radical (unpaired) electrons. The van der Waals surface area contributed by atoms with Crippen LogP contribution in [0.2, 0.25) is 5.02 Å². The van der Waals surface area contributed by atoms with Crippen molar-refractivity contribution in [3.8, 4) is 0 Å². The second-order valence-corrected chi connectivity index (χ2v) is 9.57. The number of methoxy groups -OCH3 is 1. The van der Waals surface area contributed by atoms with Gasteiger partial charge in [-0.1, -0.05) is 29.8 Å². The lowest BCUT2D eigenvalue weighted by Gasteiger charge is -2.34. The highest BCUT2D eigenvalue weighted by Crippen LogP contribution is 2.25. The number of hydrogen-bond donors (Lipinski definition) is 1. The van der Waals surface area contributed by atoms with Gasteiger partial charge in [-0.25, -0.2) is 4.79 Å². The minimum Gasteiger partial charge on any atom is -0.465 e. The minimum absolute atomic E-state index is 0.136. The molecule has 11 heteroatoms. The highest BCUT2D eigenvalue weighted by molar-refractivity contribution is 7.86. The molecule has 1 saturated heterocycles. The van der Waals surface area contributed by atoms with E-state index in [1.165, 1.54) is 11.4 Å². The monoisotopic (exact) mass is 457 g/mol. The Morgan fingerprint density at radius 1 is 1.21 bits per heavy atom. The van der Waals surface area contributed by atoms with E-state index >= 15 is 0 Å². The highest BCUT2D eigenvalue weighted by atomic mass is 35.5. The molecule has 0 unspecified atom stereocenters. The minimum atomic E-state index is -3.83. The maximum Gasteiger partial charge on any atom is 0.350 e. The fraction of sp³-hybridized carbons (Fsp3) is 0.333. The Morgan fingerprint density at radius 2 is 1.93 bits per heavy atom. The molecule has 29 heavy (non-hydrogen) atoms. The fourth-order valence-corrected chi connectivity index (χ4v) is 5.55. The van der Waals surface area contributed by atoms with E-state index in [9.17, 15) is 18.0 Å². The summed E-state index contributed by atoms with van der Waals surface area (Å²) < 4.78 is 33.0. The topological polar surface area (TPSA) is 96.0 Å². The summed E-state index contributed by atoms with van der Waals surface area (Å²) in [5.74, 6) is -1.09. The molecule has 1 fully saturated rings. The Kier molecular flexibility index (Phi) is 6.91. The molecule has 2 heterocycles. The number of thiophene rings is 1. The molecule has 1 aromatic heterocycles. The molecule has 0 spiro atoms. The van der Waals surface area contributed by atoms with Crippen molar-refractivity contribution in [3.63, 3.8) is 0 Å². The van der Waals surface area contributed by atoms with E-state index in [0.717, 1.165) is 15.6 Å². The van der Waals surface area contributed by atoms with E-state index in [1.54, 1.807) is 35.7 Å². The summed E-state index contributed by atoms with van der Waals surface area (Å²) in [6.07, 6.45) is 0.586. The maximum absolute atomic E-state index is 12.9. The number of anilines is 1. The Labute approximate surface area is 178 Å². The van der Waals surface area contributed by atoms with Crippen molar-refractivity contribution in [1.29, 1.82) is 0 Å². The first kappa shape index (κ1) is 21.7. The predicted octanol–water partition coefficient (Wildman–Crippen LogP) is 2.58. The van der Waals surface area contributed by atoms with Crippen LogP contribution in [0.5, 0.6) is 0 Å². The molecule has 1 N–H and O–H groups in total. The number of halogens is 1. The summed E-state index contributed by atoms with van der Waals surface area (Å²) >= 11 is 7.28. The Hall–Kier alpha value is -1.98.